The molecule has 0 aromatic heterocycles. The molecule has 4 nitrogen and oxygen atoms in total. The normalized spacial score (nSPS) is 11.9. The summed E-state index contributed by atoms with van der Waals surface area (Å²) in [6.07, 6.45) is 0.693. The first-order valence-electron chi connectivity index (χ1n) is 5.77. The second kappa shape index (κ2) is 6.91. The van der Waals surface area contributed by atoms with Gasteiger partial charge in [0.25, 0.3) is 0 Å². The molecule has 0 amide bonds. The number of carbonyl (C=O) groups is 1. The summed E-state index contributed by atoms with van der Waals surface area (Å²) in [7, 11) is 0. The minimum Gasteiger partial charge on any atom is -0.494 e. The van der Waals surface area contributed by atoms with E-state index in [9.17, 15) is 4.79 Å². The van der Waals surface area contributed by atoms with E-state index in [0.717, 1.165) is 12.2 Å². The highest BCUT2D eigenvalue weighted by Gasteiger charge is 2.10. The van der Waals surface area contributed by atoms with Crippen molar-refractivity contribution in [3.8, 4) is 5.75 Å². The molecule has 4 heteroatoms. The van der Waals surface area contributed by atoms with E-state index >= 15 is 0 Å². The van der Waals surface area contributed by atoms with Crippen molar-refractivity contribution in [1.82, 2.24) is 0 Å². The lowest BCUT2D eigenvalue weighted by molar-refractivity contribution is -0.270. The third-order valence-corrected chi connectivity index (χ3v) is 2.26. The molecule has 0 radical (unpaired) electrons. The van der Waals surface area contributed by atoms with Crippen molar-refractivity contribution in [2.24, 2.45) is 0 Å². The molecule has 17 heavy (non-hydrogen) atoms. The molecule has 1 aromatic carbocycles. The van der Waals surface area contributed by atoms with E-state index < -0.39 is 5.97 Å². The van der Waals surface area contributed by atoms with Crippen LogP contribution in [0.4, 0.5) is 0 Å². The van der Waals surface area contributed by atoms with Gasteiger partial charge < -0.3 is 4.74 Å². The van der Waals surface area contributed by atoms with Gasteiger partial charge in [-0.1, -0.05) is 6.92 Å². The molecule has 0 aliphatic rings. The van der Waals surface area contributed by atoms with E-state index in [0.29, 0.717) is 12.2 Å². The summed E-state index contributed by atoms with van der Waals surface area (Å²) in [5.74, 6) is 0.236. The van der Waals surface area contributed by atoms with Crippen LogP contribution in [-0.4, -0.2) is 18.7 Å². The van der Waals surface area contributed by atoms with Crippen molar-refractivity contribution in [1.29, 1.82) is 0 Å². The van der Waals surface area contributed by atoms with Crippen LogP contribution >= 0.6 is 0 Å². The Hall–Kier alpha value is -1.55. The van der Waals surface area contributed by atoms with Gasteiger partial charge in [-0.05, 0) is 44.5 Å². The van der Waals surface area contributed by atoms with E-state index in [1.54, 1.807) is 24.3 Å². The lowest BCUT2D eigenvalue weighted by Gasteiger charge is -2.08. The molecule has 0 aliphatic heterocycles. The molecule has 1 unspecified atom stereocenters. The molecular weight excluding hydrogens is 220 g/mol. The third kappa shape index (κ3) is 4.44. The molecule has 1 rings (SSSR count). The Bertz CT molecular complexity index is 345. The first-order chi connectivity index (χ1) is 8.17. The van der Waals surface area contributed by atoms with Crippen LogP contribution in [0.25, 0.3) is 0 Å². The Kier molecular flexibility index (Phi) is 5.49. The van der Waals surface area contributed by atoms with Crippen molar-refractivity contribution in [3.63, 3.8) is 0 Å². The number of rotatable bonds is 6. The molecule has 0 saturated heterocycles. The fourth-order valence-corrected chi connectivity index (χ4v) is 1.10. The van der Waals surface area contributed by atoms with Crippen LogP contribution in [0.5, 0.6) is 5.75 Å². The number of benzene rings is 1. The Morgan fingerprint density at radius 1 is 1.24 bits per heavy atom. The average Bonchev–Trinajstić information content (AvgIpc) is 2.36. The highest BCUT2D eigenvalue weighted by molar-refractivity contribution is 5.89. The molecule has 1 atom stereocenters. The highest BCUT2D eigenvalue weighted by Crippen LogP contribution is 2.13. The summed E-state index contributed by atoms with van der Waals surface area (Å²) in [5.41, 5.74) is 0.441. The molecule has 0 fully saturated rings. The van der Waals surface area contributed by atoms with Gasteiger partial charge in [0.05, 0.1) is 12.2 Å². The van der Waals surface area contributed by atoms with E-state index in [4.69, 9.17) is 14.5 Å². The number of ether oxygens (including phenoxy) is 1. The third-order valence-electron chi connectivity index (χ3n) is 2.26. The summed E-state index contributed by atoms with van der Waals surface area (Å²) < 4.78 is 5.27. The van der Waals surface area contributed by atoms with Crippen LogP contribution in [0.1, 0.15) is 37.6 Å². The quantitative estimate of drug-likeness (QED) is 0.564. The fraction of sp³-hybridized carbons (Fsp3) is 0.462. The van der Waals surface area contributed by atoms with Gasteiger partial charge in [0.1, 0.15) is 11.9 Å². The predicted molar refractivity (Wildman–Crippen MR) is 63.9 cm³/mol. The van der Waals surface area contributed by atoms with Crippen molar-refractivity contribution >= 4 is 5.97 Å². The lowest BCUT2D eigenvalue weighted by atomic mass is 10.2. The second-order valence-corrected chi connectivity index (χ2v) is 3.64. The van der Waals surface area contributed by atoms with Crippen molar-refractivity contribution in [3.05, 3.63) is 29.8 Å². The number of hydrogen-bond donors (Lipinski definition) is 0. The Balaban J connectivity index is 2.51. The van der Waals surface area contributed by atoms with Crippen LogP contribution in [0.15, 0.2) is 24.3 Å². The zero-order chi connectivity index (χ0) is 12.7. The Labute approximate surface area is 101 Å². The zero-order valence-corrected chi connectivity index (χ0v) is 10.4. The summed E-state index contributed by atoms with van der Waals surface area (Å²) in [4.78, 5) is 21.2. The largest absolute Gasteiger partial charge is 0.494 e. The summed E-state index contributed by atoms with van der Waals surface area (Å²) in [6, 6.07) is 6.74. The lowest BCUT2D eigenvalue weighted by Crippen LogP contribution is -2.12. The summed E-state index contributed by atoms with van der Waals surface area (Å²) in [6.45, 7) is 6.30. The molecule has 0 heterocycles. The summed E-state index contributed by atoms with van der Waals surface area (Å²) in [5, 5.41) is 0. The van der Waals surface area contributed by atoms with Crippen LogP contribution in [0.2, 0.25) is 0 Å². The molecular formula is C13H18O4. The minimum atomic E-state index is -0.492. The SMILES string of the molecule is CCOc1ccc(C(=O)OOC(C)CC)cc1. The van der Waals surface area contributed by atoms with Crippen molar-refractivity contribution in [2.75, 3.05) is 6.61 Å². The second-order valence-electron chi connectivity index (χ2n) is 3.64. The molecule has 94 valence electrons. The smallest absolute Gasteiger partial charge is 0.373 e. The number of carbonyl (C=O) groups excluding carboxylic acids is 1. The van der Waals surface area contributed by atoms with Crippen LogP contribution in [0, 0.1) is 0 Å². The summed E-state index contributed by atoms with van der Waals surface area (Å²) >= 11 is 0. The van der Waals surface area contributed by atoms with E-state index in [1.807, 2.05) is 20.8 Å². The Morgan fingerprint density at radius 3 is 2.41 bits per heavy atom. The molecule has 0 aliphatic carbocycles. The first kappa shape index (κ1) is 13.5. The van der Waals surface area contributed by atoms with Crippen LogP contribution in [0.3, 0.4) is 0 Å². The molecule has 0 saturated carbocycles. The van der Waals surface area contributed by atoms with Gasteiger partial charge in [-0.2, -0.15) is 4.89 Å². The fourth-order valence-electron chi connectivity index (χ4n) is 1.10. The first-order valence-corrected chi connectivity index (χ1v) is 5.77. The van der Waals surface area contributed by atoms with Crippen LogP contribution < -0.4 is 4.74 Å². The van der Waals surface area contributed by atoms with Gasteiger partial charge in [-0.3, -0.25) is 4.89 Å². The Morgan fingerprint density at radius 2 is 1.88 bits per heavy atom. The van der Waals surface area contributed by atoms with E-state index in [-0.39, 0.29) is 6.10 Å². The van der Waals surface area contributed by atoms with Gasteiger partial charge in [-0.25, -0.2) is 4.79 Å². The zero-order valence-electron chi connectivity index (χ0n) is 10.4. The maximum Gasteiger partial charge on any atom is 0.373 e. The number of hydrogen-bond acceptors (Lipinski definition) is 4. The maximum atomic E-state index is 11.5. The van der Waals surface area contributed by atoms with Crippen LogP contribution in [-0.2, 0) is 9.78 Å². The molecule has 0 bridgehead atoms. The van der Waals surface area contributed by atoms with Gasteiger partial charge in [0.2, 0.25) is 0 Å². The molecule has 1 aromatic rings. The molecule has 0 spiro atoms. The topological polar surface area (TPSA) is 44.8 Å². The maximum absolute atomic E-state index is 11.5. The van der Waals surface area contributed by atoms with E-state index in [1.165, 1.54) is 0 Å². The monoisotopic (exact) mass is 238 g/mol. The van der Waals surface area contributed by atoms with E-state index in [2.05, 4.69) is 0 Å². The predicted octanol–water partition coefficient (Wildman–Crippen LogP) is 2.97. The van der Waals surface area contributed by atoms with Crippen molar-refractivity contribution in [2.45, 2.75) is 33.3 Å². The standard InChI is InChI=1S/C13H18O4/c1-4-10(3)16-17-13(14)11-6-8-12(9-7-11)15-5-2/h6-10H,4-5H2,1-3H3. The van der Waals surface area contributed by atoms with Gasteiger partial charge in [0, 0.05) is 0 Å². The minimum absolute atomic E-state index is 0.0957. The van der Waals surface area contributed by atoms with Gasteiger partial charge in [0.15, 0.2) is 0 Å². The average molecular weight is 238 g/mol. The van der Waals surface area contributed by atoms with Crippen molar-refractivity contribution < 1.29 is 19.3 Å². The van der Waals surface area contributed by atoms with Gasteiger partial charge >= 0.3 is 5.97 Å². The van der Waals surface area contributed by atoms with Gasteiger partial charge in [-0.15, -0.1) is 0 Å². The molecule has 0 N–H and O–H groups in total. The highest BCUT2D eigenvalue weighted by atomic mass is 17.2.